The van der Waals surface area contributed by atoms with Crippen molar-refractivity contribution in [1.29, 1.82) is 0 Å². The minimum atomic E-state index is 0.0702. The van der Waals surface area contributed by atoms with Gasteiger partial charge in [0.05, 0.1) is 25.8 Å². The van der Waals surface area contributed by atoms with Gasteiger partial charge in [0.15, 0.2) is 0 Å². The Morgan fingerprint density at radius 3 is 2.55 bits per heavy atom. The van der Waals surface area contributed by atoms with E-state index in [-0.39, 0.29) is 5.91 Å². The first-order valence-electron chi connectivity index (χ1n) is 6.46. The number of amides is 1. The minimum absolute atomic E-state index is 0.0702. The van der Waals surface area contributed by atoms with Crippen molar-refractivity contribution >= 4 is 5.91 Å². The van der Waals surface area contributed by atoms with Gasteiger partial charge in [0.2, 0.25) is 5.91 Å². The third kappa shape index (κ3) is 3.82. The highest BCUT2D eigenvalue weighted by molar-refractivity contribution is 5.78. The van der Waals surface area contributed by atoms with Crippen LogP contribution in [0.1, 0.15) is 11.3 Å². The summed E-state index contributed by atoms with van der Waals surface area (Å²) in [6.07, 6.45) is 2.12. The van der Waals surface area contributed by atoms with E-state index >= 15 is 0 Å². The molecule has 0 atom stereocenters. The molecule has 2 rings (SSSR count). The van der Waals surface area contributed by atoms with Crippen LogP contribution in [0.2, 0.25) is 0 Å². The summed E-state index contributed by atoms with van der Waals surface area (Å²) in [4.78, 5) is 18.0. The van der Waals surface area contributed by atoms with Gasteiger partial charge in [-0.05, 0) is 29.8 Å². The van der Waals surface area contributed by atoms with E-state index in [1.807, 2.05) is 42.5 Å². The first kappa shape index (κ1) is 14.1. The smallest absolute Gasteiger partial charge is 0.227 e. The number of hydrogen-bond donors (Lipinski definition) is 0. The summed E-state index contributed by atoms with van der Waals surface area (Å²) in [5.41, 5.74) is 1.86. The first-order chi connectivity index (χ1) is 9.69. The van der Waals surface area contributed by atoms with Crippen LogP contribution in [0.5, 0.6) is 5.75 Å². The molecule has 2 aromatic rings. The number of benzene rings is 1. The van der Waals surface area contributed by atoms with Crippen LogP contribution in [0, 0.1) is 0 Å². The van der Waals surface area contributed by atoms with Crippen molar-refractivity contribution in [3.8, 4) is 5.75 Å². The van der Waals surface area contributed by atoms with E-state index in [1.165, 1.54) is 0 Å². The van der Waals surface area contributed by atoms with Gasteiger partial charge < -0.3 is 9.64 Å². The second kappa shape index (κ2) is 6.70. The number of hydrogen-bond acceptors (Lipinski definition) is 3. The summed E-state index contributed by atoms with van der Waals surface area (Å²) >= 11 is 0. The van der Waals surface area contributed by atoms with Gasteiger partial charge in [0.25, 0.3) is 0 Å². The van der Waals surface area contributed by atoms with E-state index in [0.29, 0.717) is 13.0 Å². The van der Waals surface area contributed by atoms with Gasteiger partial charge in [-0.2, -0.15) is 0 Å². The molecule has 104 valence electrons. The minimum Gasteiger partial charge on any atom is -0.497 e. The van der Waals surface area contributed by atoms with E-state index in [0.717, 1.165) is 17.0 Å². The summed E-state index contributed by atoms with van der Waals surface area (Å²) in [5, 5.41) is 0. The third-order valence-electron chi connectivity index (χ3n) is 3.07. The lowest BCUT2D eigenvalue weighted by molar-refractivity contribution is -0.129. The molecule has 0 spiro atoms. The number of pyridine rings is 1. The number of nitrogens with zero attached hydrogens (tertiary/aromatic N) is 2. The molecule has 4 nitrogen and oxygen atoms in total. The van der Waals surface area contributed by atoms with Crippen molar-refractivity contribution < 1.29 is 9.53 Å². The molecular weight excluding hydrogens is 252 g/mol. The van der Waals surface area contributed by atoms with Crippen LogP contribution in [-0.4, -0.2) is 29.9 Å². The Morgan fingerprint density at radius 1 is 1.20 bits per heavy atom. The maximum absolute atomic E-state index is 12.1. The molecule has 1 aromatic heterocycles. The standard InChI is InChI=1S/C16H18N2O2/c1-18(12-14-5-3-4-10-17-14)16(19)11-13-6-8-15(20-2)9-7-13/h3-10H,11-12H2,1-2H3. The lowest BCUT2D eigenvalue weighted by atomic mass is 10.1. The lowest BCUT2D eigenvalue weighted by Crippen LogP contribution is -2.28. The van der Waals surface area contributed by atoms with Gasteiger partial charge in [-0.1, -0.05) is 18.2 Å². The molecule has 0 N–H and O–H groups in total. The van der Waals surface area contributed by atoms with Crippen molar-refractivity contribution in [1.82, 2.24) is 9.88 Å². The highest BCUT2D eigenvalue weighted by Gasteiger charge is 2.10. The van der Waals surface area contributed by atoms with Crippen LogP contribution in [0.25, 0.3) is 0 Å². The lowest BCUT2D eigenvalue weighted by Gasteiger charge is -2.16. The molecule has 0 aliphatic rings. The van der Waals surface area contributed by atoms with Crippen LogP contribution in [0.3, 0.4) is 0 Å². The summed E-state index contributed by atoms with van der Waals surface area (Å²) < 4.78 is 5.10. The molecule has 1 aromatic carbocycles. The number of ether oxygens (including phenoxy) is 1. The van der Waals surface area contributed by atoms with E-state index in [1.54, 1.807) is 25.3 Å². The molecule has 20 heavy (non-hydrogen) atoms. The third-order valence-corrected chi connectivity index (χ3v) is 3.07. The van der Waals surface area contributed by atoms with Crippen LogP contribution in [0.4, 0.5) is 0 Å². The normalized spacial score (nSPS) is 10.1. The molecule has 0 saturated heterocycles. The topological polar surface area (TPSA) is 42.4 Å². The van der Waals surface area contributed by atoms with Crippen LogP contribution in [-0.2, 0) is 17.8 Å². The summed E-state index contributed by atoms with van der Waals surface area (Å²) in [6.45, 7) is 0.524. The SMILES string of the molecule is COc1ccc(CC(=O)N(C)Cc2ccccn2)cc1. The van der Waals surface area contributed by atoms with E-state index in [9.17, 15) is 4.79 Å². The monoisotopic (exact) mass is 270 g/mol. The zero-order valence-electron chi connectivity index (χ0n) is 11.7. The Balaban J connectivity index is 1.93. The molecule has 0 aliphatic heterocycles. The van der Waals surface area contributed by atoms with E-state index in [2.05, 4.69) is 4.98 Å². The average Bonchev–Trinajstić information content (AvgIpc) is 2.49. The quantitative estimate of drug-likeness (QED) is 0.837. The van der Waals surface area contributed by atoms with Crippen molar-refractivity contribution in [3.05, 3.63) is 59.9 Å². The summed E-state index contributed by atoms with van der Waals surface area (Å²) in [7, 11) is 3.42. The molecule has 0 radical (unpaired) electrons. The Hall–Kier alpha value is -2.36. The number of rotatable bonds is 5. The maximum Gasteiger partial charge on any atom is 0.227 e. The van der Waals surface area contributed by atoms with Gasteiger partial charge in [-0.15, -0.1) is 0 Å². The number of carbonyl (C=O) groups is 1. The fraction of sp³-hybridized carbons (Fsp3) is 0.250. The van der Waals surface area contributed by atoms with Crippen molar-refractivity contribution in [2.24, 2.45) is 0 Å². The second-order valence-corrected chi connectivity index (χ2v) is 4.60. The Bertz CT molecular complexity index is 552. The van der Waals surface area contributed by atoms with Crippen LogP contribution < -0.4 is 4.74 Å². The average molecular weight is 270 g/mol. The van der Waals surface area contributed by atoms with Crippen LogP contribution >= 0.6 is 0 Å². The molecule has 0 fully saturated rings. The maximum atomic E-state index is 12.1. The molecule has 1 amide bonds. The highest BCUT2D eigenvalue weighted by atomic mass is 16.5. The van der Waals surface area contributed by atoms with E-state index < -0.39 is 0 Å². The van der Waals surface area contributed by atoms with Gasteiger partial charge in [-0.3, -0.25) is 9.78 Å². The number of carbonyl (C=O) groups excluding carboxylic acids is 1. The Morgan fingerprint density at radius 2 is 1.95 bits per heavy atom. The predicted octanol–water partition coefficient (Wildman–Crippen LogP) is 2.29. The Kier molecular flexibility index (Phi) is 4.71. The molecule has 4 heteroatoms. The number of aromatic nitrogens is 1. The van der Waals surface area contributed by atoms with Gasteiger partial charge in [0, 0.05) is 13.2 Å². The zero-order chi connectivity index (χ0) is 14.4. The van der Waals surface area contributed by atoms with Crippen LogP contribution in [0.15, 0.2) is 48.7 Å². The van der Waals surface area contributed by atoms with Crippen molar-refractivity contribution in [2.45, 2.75) is 13.0 Å². The van der Waals surface area contributed by atoms with Gasteiger partial charge in [-0.25, -0.2) is 0 Å². The predicted molar refractivity (Wildman–Crippen MR) is 77.4 cm³/mol. The largest absolute Gasteiger partial charge is 0.497 e. The Labute approximate surface area is 119 Å². The number of likely N-dealkylation sites (N-methyl/N-ethyl adjacent to an activating group) is 1. The molecule has 1 heterocycles. The fourth-order valence-electron chi connectivity index (χ4n) is 1.88. The number of methoxy groups -OCH3 is 1. The zero-order valence-corrected chi connectivity index (χ0v) is 11.7. The molecular formula is C16H18N2O2. The fourth-order valence-corrected chi connectivity index (χ4v) is 1.88. The summed E-state index contributed by atoms with van der Waals surface area (Å²) in [6, 6.07) is 13.2. The second-order valence-electron chi connectivity index (χ2n) is 4.60. The van der Waals surface area contributed by atoms with Crippen molar-refractivity contribution in [2.75, 3.05) is 14.2 Å². The summed E-state index contributed by atoms with van der Waals surface area (Å²) in [5.74, 6) is 0.865. The molecule has 0 aliphatic carbocycles. The molecule has 0 saturated carbocycles. The highest BCUT2D eigenvalue weighted by Crippen LogP contribution is 2.12. The first-order valence-corrected chi connectivity index (χ1v) is 6.46. The molecule has 0 unspecified atom stereocenters. The van der Waals surface area contributed by atoms with Gasteiger partial charge >= 0.3 is 0 Å². The van der Waals surface area contributed by atoms with Crippen molar-refractivity contribution in [3.63, 3.8) is 0 Å². The molecule has 0 bridgehead atoms. The van der Waals surface area contributed by atoms with E-state index in [4.69, 9.17) is 4.74 Å². The van der Waals surface area contributed by atoms with Gasteiger partial charge in [0.1, 0.15) is 5.75 Å².